The minimum Gasteiger partial charge on any atom is -0.460 e. The molecule has 3 heteroatoms. The second-order valence-electron chi connectivity index (χ2n) is 1.60. The summed E-state index contributed by atoms with van der Waals surface area (Å²) in [5.74, 6) is -0.355. The number of esters is 1. The van der Waals surface area contributed by atoms with Crippen molar-refractivity contribution < 1.29 is 14.6 Å². The molecule has 0 aromatic rings. The number of aliphatic hydroxyl groups excluding tert-OH is 1. The summed E-state index contributed by atoms with van der Waals surface area (Å²) in [6.07, 6.45) is -0.368. The number of hydrogen-bond donors (Lipinski definition) is 1. The third-order valence-electron chi connectivity index (χ3n) is 0.624. The van der Waals surface area contributed by atoms with Crippen LogP contribution in [0.4, 0.5) is 0 Å². The summed E-state index contributed by atoms with van der Waals surface area (Å²) in [5, 5.41) is 8.31. The number of carbonyl (C=O) groups excluding carboxylic acids is 1. The summed E-state index contributed by atoms with van der Waals surface area (Å²) in [6.45, 7) is 2.83. The maximum atomic E-state index is 10.1. The van der Waals surface area contributed by atoms with Gasteiger partial charge in [-0.1, -0.05) is 0 Å². The first-order valence-corrected chi connectivity index (χ1v) is 2.45. The molecule has 1 unspecified atom stereocenters. The van der Waals surface area contributed by atoms with Crippen LogP contribution < -0.4 is 0 Å². The topological polar surface area (TPSA) is 46.5 Å². The smallest absolute Gasteiger partial charge is 0.302 e. The first-order chi connectivity index (χ1) is 3.66. The lowest BCUT2D eigenvalue weighted by molar-refractivity contribution is -0.147. The fraction of sp³-hybridized carbons (Fsp3) is 0.800. The summed E-state index contributed by atoms with van der Waals surface area (Å²) in [4.78, 5) is 10.1. The van der Waals surface area contributed by atoms with Gasteiger partial charge in [-0.2, -0.15) is 0 Å². The van der Waals surface area contributed by atoms with Crippen LogP contribution in [0, 0.1) is 0 Å². The highest BCUT2D eigenvalue weighted by molar-refractivity contribution is 5.66. The van der Waals surface area contributed by atoms with E-state index < -0.39 is 0 Å². The van der Waals surface area contributed by atoms with Crippen molar-refractivity contribution in [2.75, 3.05) is 6.61 Å². The van der Waals surface area contributed by atoms with Crippen molar-refractivity contribution in [1.82, 2.24) is 0 Å². The average molecular weight is 118 g/mol. The molecule has 8 heavy (non-hydrogen) atoms. The van der Waals surface area contributed by atoms with Crippen molar-refractivity contribution in [3.63, 3.8) is 0 Å². The summed E-state index contributed by atoms with van der Waals surface area (Å²) in [6, 6.07) is 0. The fourth-order valence-electron chi connectivity index (χ4n) is 0.321. The van der Waals surface area contributed by atoms with Gasteiger partial charge in [-0.25, -0.2) is 0 Å². The van der Waals surface area contributed by atoms with Crippen LogP contribution in [-0.4, -0.2) is 23.8 Å². The Morgan fingerprint density at radius 3 is 2.50 bits per heavy atom. The Bertz CT molecular complexity index is 79.7. The maximum absolute atomic E-state index is 10.1. The lowest BCUT2D eigenvalue weighted by Gasteiger charge is -2.05. The van der Waals surface area contributed by atoms with Gasteiger partial charge in [-0.3, -0.25) is 4.79 Å². The highest BCUT2D eigenvalue weighted by Gasteiger charge is 2.00. The van der Waals surface area contributed by atoms with Crippen molar-refractivity contribution in [1.29, 1.82) is 0 Å². The number of hydrogen-bond acceptors (Lipinski definition) is 3. The molecule has 0 aromatic carbocycles. The van der Waals surface area contributed by atoms with Gasteiger partial charge >= 0.3 is 5.97 Å². The molecule has 0 saturated heterocycles. The molecular formula is C5H10O3. The van der Waals surface area contributed by atoms with Crippen LogP contribution in [0.5, 0.6) is 0 Å². The van der Waals surface area contributed by atoms with E-state index in [1.807, 2.05) is 0 Å². The van der Waals surface area contributed by atoms with Gasteiger partial charge in [-0.15, -0.1) is 0 Å². The van der Waals surface area contributed by atoms with Gasteiger partial charge in [0.15, 0.2) is 0 Å². The molecule has 0 heterocycles. The third-order valence-corrected chi connectivity index (χ3v) is 0.624. The van der Waals surface area contributed by atoms with Crippen LogP contribution in [0.2, 0.25) is 0 Å². The molecular weight excluding hydrogens is 108 g/mol. The van der Waals surface area contributed by atoms with Crippen molar-refractivity contribution in [2.24, 2.45) is 0 Å². The largest absolute Gasteiger partial charge is 0.460 e. The Labute approximate surface area is 48.3 Å². The summed E-state index contributed by atoms with van der Waals surface area (Å²) < 4.78 is 4.51. The van der Waals surface area contributed by atoms with Gasteiger partial charge in [0.05, 0.1) is 6.61 Å². The molecule has 1 N–H and O–H groups in total. The van der Waals surface area contributed by atoms with E-state index in [4.69, 9.17) is 5.11 Å². The molecule has 0 bridgehead atoms. The van der Waals surface area contributed by atoms with Gasteiger partial charge in [-0.05, 0) is 6.92 Å². The molecule has 0 saturated carbocycles. The predicted octanol–water partition coefficient (Wildman–Crippen LogP) is -0.0697. The third kappa shape index (κ3) is 3.61. The predicted molar refractivity (Wildman–Crippen MR) is 28.3 cm³/mol. The lowest BCUT2D eigenvalue weighted by Crippen LogP contribution is -2.15. The Balaban J connectivity index is 3.24. The molecule has 0 spiro atoms. The first kappa shape index (κ1) is 7.43. The molecule has 0 radical (unpaired) electrons. The van der Waals surface area contributed by atoms with E-state index in [0.29, 0.717) is 0 Å². The quantitative estimate of drug-likeness (QED) is 0.516. The molecule has 0 amide bonds. The van der Waals surface area contributed by atoms with Gasteiger partial charge in [0.25, 0.3) is 0 Å². The summed E-state index contributed by atoms with van der Waals surface area (Å²) in [7, 11) is 0. The summed E-state index contributed by atoms with van der Waals surface area (Å²) in [5.41, 5.74) is 0. The fourth-order valence-corrected chi connectivity index (χ4v) is 0.321. The highest BCUT2D eigenvalue weighted by atomic mass is 16.5. The second kappa shape index (κ2) is 3.43. The lowest BCUT2D eigenvalue weighted by atomic mass is 10.4. The van der Waals surface area contributed by atoms with Crippen LogP contribution in [0.25, 0.3) is 0 Å². The molecule has 1 atom stereocenters. The zero-order chi connectivity index (χ0) is 6.57. The van der Waals surface area contributed by atoms with E-state index in [0.717, 1.165) is 0 Å². The minimum absolute atomic E-state index is 0.112. The standard InChI is InChI=1S/C5H10O3/c1-4(3-6)8-5(2)7/h4,6H,3H2,1-2H3. The van der Waals surface area contributed by atoms with Crippen molar-refractivity contribution in [3.8, 4) is 0 Å². The van der Waals surface area contributed by atoms with Crippen molar-refractivity contribution >= 4 is 5.97 Å². The minimum atomic E-state index is -0.368. The molecule has 0 aliphatic carbocycles. The Kier molecular flexibility index (Phi) is 3.19. The number of rotatable bonds is 2. The molecule has 0 aromatic heterocycles. The zero-order valence-corrected chi connectivity index (χ0v) is 5.05. The highest BCUT2D eigenvalue weighted by Crippen LogP contribution is 1.86. The van der Waals surface area contributed by atoms with Gasteiger partial charge in [0.2, 0.25) is 0 Å². The van der Waals surface area contributed by atoms with Gasteiger partial charge in [0, 0.05) is 6.92 Å². The zero-order valence-electron chi connectivity index (χ0n) is 5.05. The van der Waals surface area contributed by atoms with E-state index in [1.54, 1.807) is 6.92 Å². The Morgan fingerprint density at radius 1 is 1.88 bits per heavy atom. The average Bonchev–Trinajstić information content (AvgIpc) is 1.65. The maximum Gasteiger partial charge on any atom is 0.302 e. The van der Waals surface area contributed by atoms with Crippen LogP contribution in [-0.2, 0) is 9.53 Å². The molecule has 0 rings (SSSR count). The van der Waals surface area contributed by atoms with Gasteiger partial charge < -0.3 is 9.84 Å². The molecule has 0 aliphatic rings. The van der Waals surface area contributed by atoms with Crippen LogP contribution in [0.3, 0.4) is 0 Å². The van der Waals surface area contributed by atoms with E-state index in [1.165, 1.54) is 6.92 Å². The first-order valence-electron chi connectivity index (χ1n) is 2.45. The van der Waals surface area contributed by atoms with E-state index in [2.05, 4.69) is 4.74 Å². The normalized spacial score (nSPS) is 12.9. The van der Waals surface area contributed by atoms with Crippen LogP contribution in [0.15, 0.2) is 0 Å². The molecule has 48 valence electrons. The monoisotopic (exact) mass is 118 g/mol. The van der Waals surface area contributed by atoms with E-state index in [9.17, 15) is 4.79 Å². The molecule has 3 nitrogen and oxygen atoms in total. The Morgan fingerprint density at radius 2 is 2.38 bits per heavy atom. The summed E-state index contributed by atoms with van der Waals surface area (Å²) >= 11 is 0. The second-order valence-corrected chi connectivity index (χ2v) is 1.60. The van der Waals surface area contributed by atoms with Crippen LogP contribution in [0.1, 0.15) is 13.8 Å². The van der Waals surface area contributed by atoms with Gasteiger partial charge in [0.1, 0.15) is 6.10 Å². The van der Waals surface area contributed by atoms with E-state index >= 15 is 0 Å². The van der Waals surface area contributed by atoms with E-state index in [-0.39, 0.29) is 18.7 Å². The number of aliphatic hydroxyl groups is 1. The van der Waals surface area contributed by atoms with Crippen molar-refractivity contribution in [2.45, 2.75) is 20.0 Å². The van der Waals surface area contributed by atoms with Crippen molar-refractivity contribution in [3.05, 3.63) is 0 Å². The molecule has 0 aliphatic heterocycles. The Hall–Kier alpha value is -0.570. The number of ether oxygens (including phenoxy) is 1. The molecule has 0 fully saturated rings. The number of carbonyl (C=O) groups is 1. The van der Waals surface area contributed by atoms with Crippen LogP contribution >= 0.6 is 0 Å². The SMILES string of the molecule is CC(=O)OC(C)CO.